The van der Waals surface area contributed by atoms with Gasteiger partial charge in [0.15, 0.2) is 0 Å². The van der Waals surface area contributed by atoms with Crippen molar-refractivity contribution < 1.29 is 13.2 Å². The van der Waals surface area contributed by atoms with Crippen molar-refractivity contribution in [1.29, 1.82) is 0 Å². The van der Waals surface area contributed by atoms with Gasteiger partial charge in [-0.3, -0.25) is 4.79 Å². The highest BCUT2D eigenvalue weighted by Crippen LogP contribution is 2.26. The second kappa shape index (κ2) is 7.78. The molecule has 0 atom stereocenters. The number of nitrogens with one attached hydrogen (secondary N) is 1. The molecular weight excluding hydrogens is 372 g/mol. The lowest BCUT2D eigenvalue weighted by Crippen LogP contribution is -2.41. The fraction of sp³-hybridized carbons (Fsp3) is 0.316. The first-order valence-corrected chi connectivity index (χ1v) is 10.3. The Hall–Kier alpha value is -1.89. The van der Waals surface area contributed by atoms with Gasteiger partial charge in [0, 0.05) is 29.7 Å². The van der Waals surface area contributed by atoms with Crippen LogP contribution in [0, 0.1) is 12.8 Å². The van der Waals surface area contributed by atoms with E-state index in [4.69, 9.17) is 11.6 Å². The van der Waals surface area contributed by atoms with Crippen molar-refractivity contribution in [2.75, 3.05) is 18.4 Å². The fourth-order valence-electron chi connectivity index (χ4n) is 3.01. The Kier molecular flexibility index (Phi) is 5.65. The van der Waals surface area contributed by atoms with Gasteiger partial charge in [0.2, 0.25) is 15.9 Å². The van der Waals surface area contributed by atoms with E-state index in [1.165, 1.54) is 4.31 Å². The normalized spacial score (nSPS) is 16.4. The monoisotopic (exact) mass is 392 g/mol. The molecule has 0 spiro atoms. The molecule has 1 fully saturated rings. The molecule has 0 saturated carbocycles. The predicted octanol–water partition coefficient (Wildman–Crippen LogP) is 3.69. The molecule has 0 radical (unpaired) electrons. The highest BCUT2D eigenvalue weighted by Gasteiger charge is 2.32. The number of anilines is 1. The first-order valence-electron chi connectivity index (χ1n) is 8.50. The number of carbonyl (C=O) groups excluding carboxylic acids is 1. The number of halogens is 1. The number of benzene rings is 2. The van der Waals surface area contributed by atoms with Crippen LogP contribution in [-0.4, -0.2) is 31.7 Å². The van der Waals surface area contributed by atoms with Crippen LogP contribution < -0.4 is 5.32 Å². The minimum Gasteiger partial charge on any atom is -0.326 e. The Labute approximate surface area is 159 Å². The van der Waals surface area contributed by atoms with Gasteiger partial charge >= 0.3 is 0 Å². The third-order valence-electron chi connectivity index (χ3n) is 4.65. The first kappa shape index (κ1) is 18.9. The van der Waals surface area contributed by atoms with Crippen LogP contribution in [-0.2, 0) is 14.8 Å². The lowest BCUT2D eigenvalue weighted by atomic mass is 9.97. The number of nitrogens with zero attached hydrogens (tertiary/aromatic N) is 1. The van der Waals surface area contributed by atoms with Crippen molar-refractivity contribution in [2.24, 2.45) is 5.92 Å². The summed E-state index contributed by atoms with van der Waals surface area (Å²) in [6.07, 6.45) is 0.995. The van der Waals surface area contributed by atoms with E-state index in [1.807, 2.05) is 19.1 Å². The maximum absolute atomic E-state index is 12.6. The minimum atomic E-state index is -3.50. The zero-order chi connectivity index (χ0) is 18.7. The molecule has 0 bridgehead atoms. The van der Waals surface area contributed by atoms with Crippen LogP contribution in [0.25, 0.3) is 0 Å². The van der Waals surface area contributed by atoms with Crippen LogP contribution in [0.1, 0.15) is 18.4 Å². The summed E-state index contributed by atoms with van der Waals surface area (Å²) in [4.78, 5) is 12.8. The zero-order valence-corrected chi connectivity index (χ0v) is 16.1. The quantitative estimate of drug-likeness (QED) is 0.862. The van der Waals surface area contributed by atoms with Gasteiger partial charge < -0.3 is 5.32 Å². The zero-order valence-electron chi connectivity index (χ0n) is 14.5. The summed E-state index contributed by atoms with van der Waals surface area (Å²) in [7, 11) is -3.50. The molecule has 1 aliphatic rings. The number of hydrogen-bond acceptors (Lipinski definition) is 3. The minimum absolute atomic E-state index is 0.0957. The number of sulfonamides is 1. The van der Waals surface area contributed by atoms with Crippen LogP contribution in [0.2, 0.25) is 5.02 Å². The summed E-state index contributed by atoms with van der Waals surface area (Å²) in [6, 6.07) is 13.8. The highest BCUT2D eigenvalue weighted by atomic mass is 35.5. The standard InChI is InChI=1S/C19H21ClN2O3S/c1-14-7-8-16(13-18(14)20)21-19(23)15-9-11-22(12-10-15)26(24,25)17-5-3-2-4-6-17/h2-8,13,15H,9-12H2,1H3,(H,21,23). The van der Waals surface area contributed by atoms with Crippen molar-refractivity contribution in [2.45, 2.75) is 24.7 Å². The second-order valence-electron chi connectivity index (χ2n) is 6.44. The molecule has 2 aromatic carbocycles. The van der Waals surface area contributed by atoms with Crippen molar-refractivity contribution in [3.8, 4) is 0 Å². The molecule has 7 heteroatoms. The van der Waals surface area contributed by atoms with E-state index in [9.17, 15) is 13.2 Å². The highest BCUT2D eigenvalue weighted by molar-refractivity contribution is 7.89. The Morgan fingerprint density at radius 2 is 1.77 bits per heavy atom. The van der Waals surface area contributed by atoms with Crippen LogP contribution in [0.4, 0.5) is 5.69 Å². The van der Waals surface area contributed by atoms with E-state index >= 15 is 0 Å². The molecule has 0 aliphatic carbocycles. The molecule has 2 aromatic rings. The van der Waals surface area contributed by atoms with Crippen LogP contribution in [0.3, 0.4) is 0 Å². The van der Waals surface area contributed by atoms with Crippen LogP contribution in [0.15, 0.2) is 53.4 Å². The van der Waals surface area contributed by atoms with E-state index in [1.54, 1.807) is 36.4 Å². The van der Waals surface area contributed by atoms with Gasteiger partial charge in [-0.25, -0.2) is 8.42 Å². The molecule has 0 aromatic heterocycles. The van der Waals surface area contributed by atoms with Gasteiger partial charge in [-0.2, -0.15) is 4.31 Å². The van der Waals surface area contributed by atoms with E-state index < -0.39 is 10.0 Å². The molecule has 26 heavy (non-hydrogen) atoms. The van der Waals surface area contributed by atoms with Gasteiger partial charge in [0.1, 0.15) is 0 Å². The maximum Gasteiger partial charge on any atom is 0.243 e. The number of rotatable bonds is 4. The van der Waals surface area contributed by atoms with E-state index in [0.29, 0.717) is 36.6 Å². The molecule has 3 rings (SSSR count). The average molecular weight is 393 g/mol. The molecule has 0 unspecified atom stereocenters. The summed E-state index contributed by atoms with van der Waals surface area (Å²) in [6.45, 7) is 2.57. The maximum atomic E-state index is 12.6. The number of hydrogen-bond donors (Lipinski definition) is 1. The van der Waals surface area contributed by atoms with Gasteiger partial charge in [-0.05, 0) is 49.6 Å². The summed E-state index contributed by atoms with van der Waals surface area (Å²) in [5.41, 5.74) is 1.61. The van der Waals surface area contributed by atoms with Crippen molar-refractivity contribution in [3.63, 3.8) is 0 Å². The lowest BCUT2D eigenvalue weighted by Gasteiger charge is -2.30. The van der Waals surface area contributed by atoms with Gasteiger partial charge in [-0.15, -0.1) is 0 Å². The number of amides is 1. The topological polar surface area (TPSA) is 66.5 Å². The average Bonchev–Trinajstić information content (AvgIpc) is 2.65. The number of aryl methyl sites for hydroxylation is 1. The lowest BCUT2D eigenvalue weighted by molar-refractivity contribution is -0.120. The van der Waals surface area contributed by atoms with Crippen LogP contribution >= 0.6 is 11.6 Å². The molecule has 1 heterocycles. The van der Waals surface area contributed by atoms with Crippen LogP contribution in [0.5, 0.6) is 0 Å². The second-order valence-corrected chi connectivity index (χ2v) is 8.79. The molecule has 1 aliphatic heterocycles. The van der Waals surface area contributed by atoms with E-state index in [2.05, 4.69) is 5.32 Å². The number of piperidine rings is 1. The van der Waals surface area contributed by atoms with Crippen molar-refractivity contribution in [1.82, 2.24) is 4.31 Å². The summed E-state index contributed by atoms with van der Waals surface area (Å²) in [5, 5.41) is 3.48. The first-order chi connectivity index (χ1) is 12.4. The predicted molar refractivity (Wildman–Crippen MR) is 103 cm³/mol. The van der Waals surface area contributed by atoms with Gasteiger partial charge in [0.05, 0.1) is 4.90 Å². The number of carbonyl (C=O) groups is 1. The Balaban J connectivity index is 1.61. The third-order valence-corrected chi connectivity index (χ3v) is 6.97. The van der Waals surface area contributed by atoms with Crippen molar-refractivity contribution >= 4 is 33.2 Å². The van der Waals surface area contributed by atoms with E-state index in [-0.39, 0.29) is 16.7 Å². The largest absolute Gasteiger partial charge is 0.326 e. The molecular formula is C19H21ClN2O3S. The van der Waals surface area contributed by atoms with Gasteiger partial charge in [-0.1, -0.05) is 35.9 Å². The van der Waals surface area contributed by atoms with Gasteiger partial charge in [0.25, 0.3) is 0 Å². The molecule has 5 nitrogen and oxygen atoms in total. The molecule has 1 amide bonds. The summed E-state index contributed by atoms with van der Waals surface area (Å²) >= 11 is 6.09. The molecule has 138 valence electrons. The Bertz CT molecular complexity index is 892. The fourth-order valence-corrected chi connectivity index (χ4v) is 4.69. The third kappa shape index (κ3) is 4.09. The SMILES string of the molecule is Cc1ccc(NC(=O)C2CCN(S(=O)(=O)c3ccccc3)CC2)cc1Cl. The Morgan fingerprint density at radius 1 is 1.12 bits per heavy atom. The van der Waals surface area contributed by atoms with Crippen molar-refractivity contribution in [3.05, 3.63) is 59.1 Å². The summed E-state index contributed by atoms with van der Waals surface area (Å²) in [5.74, 6) is -0.306. The summed E-state index contributed by atoms with van der Waals surface area (Å²) < 4.78 is 26.7. The smallest absolute Gasteiger partial charge is 0.243 e. The molecule has 1 N–H and O–H groups in total. The Morgan fingerprint density at radius 3 is 2.38 bits per heavy atom. The van der Waals surface area contributed by atoms with E-state index in [0.717, 1.165) is 5.56 Å². The molecule has 1 saturated heterocycles.